The van der Waals surface area contributed by atoms with E-state index >= 15 is 0 Å². The largest absolute Gasteiger partial charge is 0.393 e. The van der Waals surface area contributed by atoms with Crippen molar-refractivity contribution in [1.29, 1.82) is 0 Å². The second-order valence-electron chi connectivity index (χ2n) is 8.79. The fourth-order valence-corrected chi connectivity index (χ4v) is 4.36. The van der Waals surface area contributed by atoms with E-state index in [0.717, 1.165) is 11.1 Å². The van der Waals surface area contributed by atoms with Gasteiger partial charge in [0.15, 0.2) is 23.3 Å². The molecule has 0 saturated carbocycles. The minimum absolute atomic E-state index is 0.0112. The highest BCUT2D eigenvalue weighted by Gasteiger charge is 2.20. The van der Waals surface area contributed by atoms with Crippen LogP contribution in [0, 0.1) is 23.3 Å². The molecule has 0 saturated heterocycles. The molecule has 1 aliphatic rings. The zero-order chi connectivity index (χ0) is 24.9. The van der Waals surface area contributed by atoms with Gasteiger partial charge in [-0.25, -0.2) is 17.6 Å². The van der Waals surface area contributed by atoms with Crippen molar-refractivity contribution in [2.75, 3.05) is 6.61 Å². The standard InChI is InChI=1S/C29H28F4O2/c1-2-35-17-22-12-16-25(29(33)27(22)31)19-6-3-18(4-7-19)5-8-21-11-15-24(28(32)26(21)30)20-9-13-23(34)14-10-20/h3-4,6-7,9,11-12,15-16,23,34H,2,5,8,10,13-14,17H2,1H3. The normalized spacial score (nSPS) is 15.8. The Morgan fingerprint density at radius 2 is 1.46 bits per heavy atom. The number of halogens is 4. The van der Waals surface area contributed by atoms with E-state index in [4.69, 9.17) is 4.74 Å². The van der Waals surface area contributed by atoms with Gasteiger partial charge in [-0.15, -0.1) is 0 Å². The van der Waals surface area contributed by atoms with Gasteiger partial charge in [-0.05, 0) is 61.3 Å². The van der Waals surface area contributed by atoms with Gasteiger partial charge in [0.2, 0.25) is 0 Å². The van der Waals surface area contributed by atoms with E-state index in [1.165, 1.54) is 12.1 Å². The first kappa shape index (κ1) is 25.1. The van der Waals surface area contributed by atoms with E-state index in [1.54, 1.807) is 49.4 Å². The van der Waals surface area contributed by atoms with Gasteiger partial charge in [-0.1, -0.05) is 54.6 Å². The van der Waals surface area contributed by atoms with E-state index in [1.807, 2.05) is 0 Å². The van der Waals surface area contributed by atoms with Crippen LogP contribution in [0.5, 0.6) is 0 Å². The van der Waals surface area contributed by atoms with Crippen LogP contribution in [0.3, 0.4) is 0 Å². The minimum Gasteiger partial charge on any atom is -0.393 e. The number of aliphatic hydroxyl groups excluding tert-OH is 1. The van der Waals surface area contributed by atoms with E-state index < -0.39 is 29.4 Å². The van der Waals surface area contributed by atoms with Crippen LogP contribution in [-0.4, -0.2) is 17.8 Å². The molecule has 2 nitrogen and oxygen atoms in total. The Hall–Kier alpha value is -2.96. The van der Waals surface area contributed by atoms with Crippen LogP contribution >= 0.6 is 0 Å². The first-order valence-corrected chi connectivity index (χ1v) is 11.9. The van der Waals surface area contributed by atoms with Crippen LogP contribution in [0.2, 0.25) is 0 Å². The molecule has 6 heteroatoms. The molecule has 0 aromatic heterocycles. The van der Waals surface area contributed by atoms with Crippen molar-refractivity contribution >= 4 is 5.57 Å². The zero-order valence-corrected chi connectivity index (χ0v) is 19.6. The number of hydrogen-bond donors (Lipinski definition) is 1. The maximum absolute atomic E-state index is 14.7. The predicted octanol–water partition coefficient (Wildman–Crippen LogP) is 7.16. The summed E-state index contributed by atoms with van der Waals surface area (Å²) >= 11 is 0. The molecule has 0 heterocycles. The molecule has 1 aliphatic carbocycles. The first-order valence-electron chi connectivity index (χ1n) is 11.9. The maximum atomic E-state index is 14.7. The highest BCUT2D eigenvalue weighted by molar-refractivity contribution is 5.67. The van der Waals surface area contributed by atoms with E-state index in [-0.39, 0.29) is 28.9 Å². The lowest BCUT2D eigenvalue weighted by Crippen LogP contribution is -2.11. The molecule has 1 unspecified atom stereocenters. The molecule has 0 amide bonds. The van der Waals surface area contributed by atoms with Crippen molar-refractivity contribution in [2.45, 2.75) is 51.7 Å². The Morgan fingerprint density at radius 3 is 2.14 bits per heavy atom. The molecule has 0 aliphatic heterocycles. The molecule has 0 bridgehead atoms. The lowest BCUT2D eigenvalue weighted by Gasteiger charge is -2.18. The van der Waals surface area contributed by atoms with Crippen molar-refractivity contribution < 1.29 is 27.4 Å². The van der Waals surface area contributed by atoms with Gasteiger partial charge >= 0.3 is 0 Å². The summed E-state index contributed by atoms with van der Waals surface area (Å²) in [6.07, 6.45) is 3.62. The number of rotatable bonds is 8. The number of aryl methyl sites for hydroxylation is 2. The van der Waals surface area contributed by atoms with Crippen molar-refractivity contribution in [3.8, 4) is 11.1 Å². The summed E-state index contributed by atoms with van der Waals surface area (Å²) in [6.45, 7) is 2.21. The van der Waals surface area contributed by atoms with Crippen LogP contribution < -0.4 is 0 Å². The lowest BCUT2D eigenvalue weighted by molar-refractivity contribution is 0.131. The predicted molar refractivity (Wildman–Crippen MR) is 129 cm³/mol. The summed E-state index contributed by atoms with van der Waals surface area (Å²) in [5, 5.41) is 9.61. The number of hydrogen-bond acceptors (Lipinski definition) is 2. The fourth-order valence-electron chi connectivity index (χ4n) is 4.36. The topological polar surface area (TPSA) is 29.5 Å². The highest BCUT2D eigenvalue weighted by Crippen LogP contribution is 2.31. The number of ether oxygens (including phenoxy) is 1. The summed E-state index contributed by atoms with van der Waals surface area (Å²) in [4.78, 5) is 0. The van der Waals surface area contributed by atoms with E-state index in [9.17, 15) is 22.7 Å². The number of aliphatic hydroxyl groups is 1. The first-order chi connectivity index (χ1) is 16.9. The molecule has 0 fully saturated rings. The Bertz CT molecular complexity index is 1220. The Morgan fingerprint density at radius 1 is 0.800 bits per heavy atom. The third-order valence-corrected chi connectivity index (χ3v) is 6.46. The second-order valence-corrected chi connectivity index (χ2v) is 8.79. The van der Waals surface area contributed by atoms with Crippen molar-refractivity contribution in [3.63, 3.8) is 0 Å². The number of benzene rings is 3. The minimum atomic E-state index is -0.921. The highest BCUT2D eigenvalue weighted by atomic mass is 19.2. The molecular formula is C29H28F4O2. The smallest absolute Gasteiger partial charge is 0.167 e. The van der Waals surface area contributed by atoms with Gasteiger partial charge in [0.05, 0.1) is 12.7 Å². The van der Waals surface area contributed by atoms with Gasteiger partial charge in [-0.2, -0.15) is 0 Å². The molecular weight excluding hydrogens is 456 g/mol. The molecule has 1 atom stereocenters. The third-order valence-electron chi connectivity index (χ3n) is 6.46. The lowest BCUT2D eigenvalue weighted by atomic mass is 9.90. The van der Waals surface area contributed by atoms with Crippen LogP contribution in [0.4, 0.5) is 17.6 Å². The average Bonchev–Trinajstić information content (AvgIpc) is 2.87. The summed E-state index contributed by atoms with van der Waals surface area (Å²) in [5.41, 5.74) is 2.98. The Labute approximate surface area is 202 Å². The van der Waals surface area contributed by atoms with Gasteiger partial charge in [0.25, 0.3) is 0 Å². The number of allylic oxidation sites excluding steroid dienone is 1. The fraction of sp³-hybridized carbons (Fsp3) is 0.310. The summed E-state index contributed by atoms with van der Waals surface area (Å²) in [6, 6.07) is 13.2. The molecule has 4 rings (SSSR count). The molecule has 0 radical (unpaired) electrons. The second kappa shape index (κ2) is 11.2. The third kappa shape index (κ3) is 5.65. The summed E-state index contributed by atoms with van der Waals surface area (Å²) in [7, 11) is 0. The van der Waals surface area contributed by atoms with Gasteiger partial charge < -0.3 is 9.84 Å². The molecule has 3 aromatic rings. The molecule has 35 heavy (non-hydrogen) atoms. The van der Waals surface area contributed by atoms with Crippen molar-refractivity contribution in [1.82, 2.24) is 0 Å². The van der Waals surface area contributed by atoms with Crippen LogP contribution in [-0.2, 0) is 24.2 Å². The SMILES string of the molecule is CCOCc1ccc(-c2ccc(CCc3ccc(C4=CCC(O)CC4)c(F)c3F)cc2)c(F)c1F. The zero-order valence-electron chi connectivity index (χ0n) is 19.6. The van der Waals surface area contributed by atoms with Crippen molar-refractivity contribution in [3.05, 3.63) is 100 Å². The van der Waals surface area contributed by atoms with Crippen molar-refractivity contribution in [2.24, 2.45) is 0 Å². The quantitative estimate of drug-likeness (QED) is 0.344. The van der Waals surface area contributed by atoms with Crippen LogP contribution in [0.1, 0.15) is 48.4 Å². The van der Waals surface area contributed by atoms with E-state index in [0.29, 0.717) is 44.3 Å². The molecule has 3 aromatic carbocycles. The van der Waals surface area contributed by atoms with Crippen LogP contribution in [0.25, 0.3) is 16.7 Å². The molecule has 184 valence electrons. The molecule has 1 N–H and O–H groups in total. The monoisotopic (exact) mass is 484 g/mol. The average molecular weight is 485 g/mol. The summed E-state index contributed by atoms with van der Waals surface area (Å²) in [5.74, 6) is -3.54. The Balaban J connectivity index is 1.45. The van der Waals surface area contributed by atoms with Crippen LogP contribution in [0.15, 0.2) is 54.6 Å². The Kier molecular flexibility index (Phi) is 8.04. The molecule has 0 spiro atoms. The maximum Gasteiger partial charge on any atom is 0.167 e. The van der Waals surface area contributed by atoms with Gasteiger partial charge in [0.1, 0.15) is 0 Å². The van der Waals surface area contributed by atoms with E-state index in [2.05, 4.69) is 0 Å². The van der Waals surface area contributed by atoms with Gasteiger partial charge in [-0.3, -0.25) is 0 Å². The summed E-state index contributed by atoms with van der Waals surface area (Å²) < 4.78 is 63.6. The van der Waals surface area contributed by atoms with Gasteiger partial charge in [0, 0.05) is 23.3 Å².